The highest BCUT2D eigenvalue weighted by Gasteiger charge is 2.38. The van der Waals surface area contributed by atoms with Crippen molar-refractivity contribution in [3.8, 4) is 33.6 Å². The molecular weight excluding hydrogens is 461 g/mol. The minimum atomic E-state index is -5.08. The molecule has 182 valence electrons. The van der Waals surface area contributed by atoms with Gasteiger partial charge in [-0.3, -0.25) is 0 Å². The molecule has 5 rings (SSSR count). The van der Waals surface area contributed by atoms with Gasteiger partial charge in [0.15, 0.2) is 5.95 Å². The Morgan fingerprint density at radius 2 is 1.37 bits per heavy atom. The van der Waals surface area contributed by atoms with Crippen LogP contribution in [0, 0.1) is 0 Å². The number of nitrogens with one attached hydrogen (secondary N) is 3. The lowest BCUT2D eigenvalue weighted by Crippen LogP contribution is -2.21. The van der Waals surface area contributed by atoms with Crippen molar-refractivity contribution in [3.05, 3.63) is 66.7 Å². The van der Waals surface area contributed by atoms with Gasteiger partial charge in [-0.15, -0.1) is 0 Å². The Kier molecular flexibility index (Phi) is 6.87. The summed E-state index contributed by atoms with van der Waals surface area (Å²) in [6.07, 6.45) is 0.948. The zero-order valence-electron chi connectivity index (χ0n) is 18.4. The number of nitrogens with two attached hydrogens (primary N) is 1. The van der Waals surface area contributed by atoms with Gasteiger partial charge in [0, 0.05) is 0 Å². The van der Waals surface area contributed by atoms with E-state index in [1.165, 1.54) is 17.5 Å². The third-order valence-corrected chi connectivity index (χ3v) is 5.55. The molecule has 8 nitrogen and oxygen atoms in total. The van der Waals surface area contributed by atoms with E-state index in [9.17, 15) is 13.2 Å². The van der Waals surface area contributed by atoms with Gasteiger partial charge in [-0.1, -0.05) is 48.5 Å². The number of carboxylic acid groups (broad SMARTS) is 1. The Morgan fingerprint density at radius 3 is 1.80 bits per heavy atom. The molecule has 1 aliphatic rings. The van der Waals surface area contributed by atoms with Gasteiger partial charge < -0.3 is 26.1 Å². The Morgan fingerprint density at radius 1 is 0.886 bits per heavy atom. The fourth-order valence-electron chi connectivity index (χ4n) is 3.75. The van der Waals surface area contributed by atoms with Gasteiger partial charge in [-0.05, 0) is 41.6 Å². The van der Waals surface area contributed by atoms with Crippen LogP contribution in [-0.4, -0.2) is 43.7 Å². The second-order valence-electron chi connectivity index (χ2n) is 7.97. The molecule has 3 heterocycles. The van der Waals surface area contributed by atoms with Crippen LogP contribution in [0.15, 0.2) is 60.9 Å². The molecule has 1 fully saturated rings. The number of alkyl halides is 3. The normalized spacial score (nSPS) is 15.5. The van der Waals surface area contributed by atoms with E-state index >= 15 is 0 Å². The van der Waals surface area contributed by atoms with Crippen LogP contribution in [0.4, 0.5) is 19.1 Å². The van der Waals surface area contributed by atoms with Crippen molar-refractivity contribution in [2.45, 2.75) is 25.1 Å². The van der Waals surface area contributed by atoms with Crippen LogP contribution in [0.1, 0.15) is 24.7 Å². The molecule has 0 bridgehead atoms. The molecular formula is C24H23F3N6O2. The number of carboxylic acids is 1. The Bertz CT molecular complexity index is 1270. The number of anilines is 1. The first-order chi connectivity index (χ1) is 16.7. The molecule has 0 radical (unpaired) electrons. The molecule has 0 saturated carbocycles. The predicted octanol–water partition coefficient (Wildman–Crippen LogP) is 4.77. The summed E-state index contributed by atoms with van der Waals surface area (Å²) in [6.45, 7) is 1.07. The fourth-order valence-corrected chi connectivity index (χ4v) is 3.75. The molecule has 35 heavy (non-hydrogen) atoms. The number of nitrogen functional groups attached to an aromatic ring is 1. The second-order valence-corrected chi connectivity index (χ2v) is 7.97. The first-order valence-corrected chi connectivity index (χ1v) is 10.8. The number of halogens is 3. The lowest BCUT2D eigenvalue weighted by atomic mass is 10.0. The maximum atomic E-state index is 10.6. The van der Waals surface area contributed by atoms with Crippen LogP contribution in [0.5, 0.6) is 0 Å². The zero-order chi connectivity index (χ0) is 25.0. The van der Waals surface area contributed by atoms with Gasteiger partial charge in [0.2, 0.25) is 0 Å². The summed E-state index contributed by atoms with van der Waals surface area (Å²) in [5.74, 6) is -1.29. The summed E-state index contributed by atoms with van der Waals surface area (Å²) in [5, 5.41) is 10.6. The van der Waals surface area contributed by atoms with Crippen LogP contribution in [0.25, 0.3) is 33.6 Å². The summed E-state index contributed by atoms with van der Waals surface area (Å²) in [5.41, 5.74) is 12.2. The van der Waals surface area contributed by atoms with Crippen LogP contribution in [0.3, 0.4) is 0 Å². The highest BCUT2D eigenvalue weighted by Crippen LogP contribution is 2.28. The van der Waals surface area contributed by atoms with Gasteiger partial charge >= 0.3 is 12.1 Å². The minimum absolute atomic E-state index is 0.358. The molecule has 0 aliphatic carbocycles. The Balaban J connectivity index is 0.000000364. The summed E-state index contributed by atoms with van der Waals surface area (Å²) < 4.78 is 31.7. The highest BCUT2D eigenvalue weighted by molar-refractivity contribution is 5.73. The molecule has 2 aromatic heterocycles. The van der Waals surface area contributed by atoms with Crippen molar-refractivity contribution in [3.63, 3.8) is 0 Å². The number of benzene rings is 2. The van der Waals surface area contributed by atoms with E-state index in [-0.39, 0.29) is 0 Å². The topological polar surface area (TPSA) is 133 Å². The summed E-state index contributed by atoms with van der Waals surface area (Å²) in [6, 6.07) is 17.3. The van der Waals surface area contributed by atoms with Crippen molar-refractivity contribution < 1.29 is 23.1 Å². The van der Waals surface area contributed by atoms with Gasteiger partial charge in [-0.2, -0.15) is 13.2 Å². The molecule has 0 amide bonds. The van der Waals surface area contributed by atoms with Gasteiger partial charge in [0.05, 0.1) is 29.8 Å². The summed E-state index contributed by atoms with van der Waals surface area (Å²) in [4.78, 5) is 24.0. The lowest BCUT2D eigenvalue weighted by Gasteiger charge is -2.06. The number of imidazole rings is 2. The number of H-pyrrole nitrogens is 2. The maximum absolute atomic E-state index is 10.6. The van der Waals surface area contributed by atoms with Crippen LogP contribution in [-0.2, 0) is 4.79 Å². The second kappa shape index (κ2) is 10.0. The Hall–Kier alpha value is -4.12. The molecule has 2 aromatic carbocycles. The van der Waals surface area contributed by atoms with E-state index in [1.54, 1.807) is 6.20 Å². The number of hydrogen-bond donors (Lipinski definition) is 5. The molecule has 1 aliphatic heterocycles. The van der Waals surface area contributed by atoms with E-state index in [2.05, 4.69) is 73.8 Å². The van der Waals surface area contributed by atoms with Crippen molar-refractivity contribution >= 4 is 11.9 Å². The van der Waals surface area contributed by atoms with Crippen molar-refractivity contribution in [2.24, 2.45) is 0 Å². The number of nitrogens with zero attached hydrogens (tertiary/aromatic N) is 2. The fraction of sp³-hybridized carbons (Fsp3) is 0.208. The van der Waals surface area contributed by atoms with Crippen molar-refractivity contribution in [1.29, 1.82) is 0 Å². The SMILES string of the molecule is Nc1ncc(-c2ccc(-c3ccc(-c4cnc([C@@H]5CCCN5)[nH]4)cc3)cc2)[nH]1.O=C(O)C(F)(F)F. The highest BCUT2D eigenvalue weighted by atomic mass is 19.4. The number of aromatic amines is 2. The third kappa shape index (κ3) is 5.87. The predicted molar refractivity (Wildman–Crippen MR) is 125 cm³/mol. The molecule has 4 aromatic rings. The number of rotatable bonds is 4. The smallest absolute Gasteiger partial charge is 0.475 e. The molecule has 1 atom stereocenters. The van der Waals surface area contributed by atoms with E-state index in [1.807, 2.05) is 6.20 Å². The molecule has 6 N–H and O–H groups in total. The van der Waals surface area contributed by atoms with E-state index in [0.717, 1.165) is 41.3 Å². The van der Waals surface area contributed by atoms with Gasteiger partial charge in [0.25, 0.3) is 0 Å². The first-order valence-electron chi connectivity index (χ1n) is 10.8. The van der Waals surface area contributed by atoms with E-state index in [0.29, 0.717) is 12.0 Å². The van der Waals surface area contributed by atoms with E-state index < -0.39 is 12.1 Å². The molecule has 0 unspecified atom stereocenters. The number of carbonyl (C=O) groups is 1. The zero-order valence-corrected chi connectivity index (χ0v) is 18.4. The van der Waals surface area contributed by atoms with Crippen molar-refractivity contribution in [2.75, 3.05) is 12.3 Å². The molecule has 0 spiro atoms. The average Bonchev–Trinajstić information content (AvgIpc) is 3.61. The summed E-state index contributed by atoms with van der Waals surface area (Å²) in [7, 11) is 0. The summed E-state index contributed by atoms with van der Waals surface area (Å²) >= 11 is 0. The van der Waals surface area contributed by atoms with Crippen LogP contribution < -0.4 is 11.1 Å². The van der Waals surface area contributed by atoms with E-state index in [4.69, 9.17) is 15.6 Å². The number of hydrogen-bond acceptors (Lipinski definition) is 5. The quantitative estimate of drug-likeness (QED) is 0.283. The largest absolute Gasteiger partial charge is 0.490 e. The Labute approximate surface area is 198 Å². The van der Waals surface area contributed by atoms with Crippen molar-refractivity contribution in [1.82, 2.24) is 25.3 Å². The van der Waals surface area contributed by atoms with Gasteiger partial charge in [0.1, 0.15) is 5.82 Å². The van der Waals surface area contributed by atoms with Crippen LogP contribution in [0.2, 0.25) is 0 Å². The number of aromatic nitrogens is 4. The third-order valence-electron chi connectivity index (χ3n) is 5.55. The standard InChI is InChI=1S/C22H22N6.C2HF3O2/c23-22-26-13-20(28-22)17-9-5-15(6-10-17)14-3-7-16(8-4-14)19-12-25-21(27-19)18-2-1-11-24-18;3-2(4,5)1(6)7/h3-10,12-13,18,24H,1-2,11H2,(H,25,27)(H3,23,26,28);(H,6,7)/t18-;/m0./s1. The first kappa shape index (κ1) is 24.0. The lowest BCUT2D eigenvalue weighted by molar-refractivity contribution is -0.192. The monoisotopic (exact) mass is 484 g/mol. The van der Waals surface area contributed by atoms with Crippen LogP contribution >= 0.6 is 0 Å². The minimum Gasteiger partial charge on any atom is -0.475 e. The molecule has 11 heteroatoms. The average molecular weight is 484 g/mol. The maximum Gasteiger partial charge on any atom is 0.490 e. The number of aliphatic carboxylic acids is 1. The van der Waals surface area contributed by atoms with Gasteiger partial charge in [-0.25, -0.2) is 14.8 Å². The molecule has 1 saturated heterocycles.